The summed E-state index contributed by atoms with van der Waals surface area (Å²) in [7, 11) is 0. The maximum absolute atomic E-state index is 13.1. The average molecular weight is 207 g/mol. The maximum atomic E-state index is 13.1. The summed E-state index contributed by atoms with van der Waals surface area (Å²) in [6.07, 6.45) is 0. The highest BCUT2D eigenvalue weighted by Gasteiger charge is 2.09. The van der Waals surface area contributed by atoms with Crippen LogP contribution < -0.4 is 5.73 Å². The Balaban J connectivity index is 2.60. The third-order valence-electron chi connectivity index (χ3n) is 2.29. The molecule has 0 saturated heterocycles. The summed E-state index contributed by atoms with van der Waals surface area (Å²) < 4.78 is 14.9. The van der Waals surface area contributed by atoms with Crippen LogP contribution in [0.4, 0.5) is 10.3 Å². The molecule has 0 spiro atoms. The molecule has 0 atom stereocenters. The molecule has 15 heavy (non-hydrogen) atoms. The van der Waals surface area contributed by atoms with Crippen LogP contribution in [0.5, 0.6) is 0 Å². The largest absolute Gasteiger partial charge is 0.369 e. The van der Waals surface area contributed by atoms with Crippen LogP contribution in [0.1, 0.15) is 13.8 Å². The lowest BCUT2D eigenvalue weighted by atomic mass is 10.2. The molecule has 2 N–H and O–H groups in total. The number of benzene rings is 1. The van der Waals surface area contributed by atoms with Crippen LogP contribution in [0.3, 0.4) is 0 Å². The van der Waals surface area contributed by atoms with Crippen molar-refractivity contribution < 1.29 is 4.39 Å². The van der Waals surface area contributed by atoms with Crippen molar-refractivity contribution in [2.45, 2.75) is 20.4 Å². The predicted molar refractivity (Wildman–Crippen MR) is 58.9 cm³/mol. The average Bonchev–Trinajstić information content (AvgIpc) is 2.43. The summed E-state index contributed by atoms with van der Waals surface area (Å²) in [4.78, 5) is 4.18. The van der Waals surface area contributed by atoms with Gasteiger partial charge in [0.25, 0.3) is 0 Å². The van der Waals surface area contributed by atoms with Gasteiger partial charge in [0.2, 0.25) is 5.95 Å². The van der Waals surface area contributed by atoms with E-state index in [1.807, 2.05) is 4.57 Å². The Hall–Kier alpha value is -1.58. The van der Waals surface area contributed by atoms with Crippen LogP contribution in [0.25, 0.3) is 11.0 Å². The third kappa shape index (κ3) is 1.79. The molecule has 0 aliphatic rings. The number of nitrogens with two attached hydrogens (primary N) is 1. The lowest BCUT2D eigenvalue weighted by Gasteiger charge is -2.08. The van der Waals surface area contributed by atoms with Gasteiger partial charge in [-0.15, -0.1) is 0 Å². The van der Waals surface area contributed by atoms with E-state index < -0.39 is 0 Å². The summed E-state index contributed by atoms with van der Waals surface area (Å²) in [5.74, 6) is 0.643. The number of nitrogens with zero attached hydrogens (tertiary/aromatic N) is 2. The number of aromatic nitrogens is 2. The first-order valence-electron chi connectivity index (χ1n) is 4.99. The van der Waals surface area contributed by atoms with Gasteiger partial charge in [0.1, 0.15) is 5.82 Å². The number of fused-ring (bicyclic) bond motifs is 1. The molecule has 0 unspecified atom stereocenters. The van der Waals surface area contributed by atoms with Crippen LogP contribution in [0, 0.1) is 11.7 Å². The zero-order chi connectivity index (χ0) is 11.0. The Labute approximate surface area is 87.7 Å². The Bertz CT molecular complexity index is 488. The normalized spacial score (nSPS) is 11.5. The number of nitrogen functional groups attached to an aromatic ring is 1. The number of halogens is 1. The monoisotopic (exact) mass is 207 g/mol. The molecule has 0 fully saturated rings. The molecule has 1 heterocycles. The number of hydrogen-bond acceptors (Lipinski definition) is 2. The van der Waals surface area contributed by atoms with Crippen molar-refractivity contribution in [3.8, 4) is 0 Å². The number of hydrogen-bond donors (Lipinski definition) is 1. The van der Waals surface area contributed by atoms with Gasteiger partial charge in [0.15, 0.2) is 0 Å². The minimum atomic E-state index is -0.257. The maximum Gasteiger partial charge on any atom is 0.201 e. The molecule has 1 aromatic carbocycles. The van der Waals surface area contributed by atoms with Crippen LogP contribution in [0.2, 0.25) is 0 Å². The summed E-state index contributed by atoms with van der Waals surface area (Å²) in [5, 5.41) is 0. The fourth-order valence-electron chi connectivity index (χ4n) is 1.67. The van der Waals surface area contributed by atoms with E-state index >= 15 is 0 Å². The number of imidazole rings is 1. The molecular weight excluding hydrogens is 193 g/mol. The van der Waals surface area contributed by atoms with Crippen LogP contribution >= 0.6 is 0 Å². The molecule has 4 heteroatoms. The molecule has 0 aliphatic carbocycles. The van der Waals surface area contributed by atoms with Gasteiger partial charge in [-0.3, -0.25) is 0 Å². The Kier molecular flexibility index (Phi) is 2.34. The predicted octanol–water partition coefficient (Wildman–Crippen LogP) is 2.41. The van der Waals surface area contributed by atoms with Crippen molar-refractivity contribution in [3.63, 3.8) is 0 Å². The van der Waals surface area contributed by atoms with Gasteiger partial charge in [-0.25, -0.2) is 9.37 Å². The second-order valence-corrected chi connectivity index (χ2v) is 4.11. The zero-order valence-corrected chi connectivity index (χ0v) is 8.87. The summed E-state index contributed by atoms with van der Waals surface area (Å²) in [5.41, 5.74) is 7.29. The van der Waals surface area contributed by atoms with Crippen molar-refractivity contribution in [2.24, 2.45) is 5.92 Å². The van der Waals surface area contributed by atoms with E-state index in [0.717, 1.165) is 17.6 Å². The smallest absolute Gasteiger partial charge is 0.201 e. The molecule has 0 radical (unpaired) electrons. The van der Waals surface area contributed by atoms with Crippen LogP contribution in [-0.2, 0) is 6.54 Å². The highest BCUT2D eigenvalue weighted by molar-refractivity contribution is 5.78. The molecule has 0 saturated carbocycles. The highest BCUT2D eigenvalue weighted by Crippen LogP contribution is 2.20. The van der Waals surface area contributed by atoms with Crippen molar-refractivity contribution in [1.29, 1.82) is 0 Å². The second-order valence-electron chi connectivity index (χ2n) is 4.11. The van der Waals surface area contributed by atoms with Crippen LogP contribution in [0.15, 0.2) is 18.2 Å². The minimum Gasteiger partial charge on any atom is -0.369 e. The van der Waals surface area contributed by atoms with Gasteiger partial charge < -0.3 is 10.3 Å². The molecule has 0 bridgehead atoms. The first-order valence-corrected chi connectivity index (χ1v) is 4.99. The molecule has 0 amide bonds. The van der Waals surface area contributed by atoms with Gasteiger partial charge in [-0.1, -0.05) is 13.8 Å². The standard InChI is InChI=1S/C11H14FN3/c1-7(2)6-15-10-5-8(12)3-4-9(10)14-11(15)13/h3-5,7H,6H2,1-2H3,(H2,13,14). The van der Waals surface area contributed by atoms with Gasteiger partial charge in [-0.2, -0.15) is 0 Å². The van der Waals surface area contributed by atoms with Crippen molar-refractivity contribution in [2.75, 3.05) is 5.73 Å². The van der Waals surface area contributed by atoms with E-state index in [1.165, 1.54) is 12.1 Å². The van der Waals surface area contributed by atoms with Gasteiger partial charge >= 0.3 is 0 Å². The fourth-order valence-corrected chi connectivity index (χ4v) is 1.67. The van der Waals surface area contributed by atoms with E-state index in [9.17, 15) is 4.39 Å². The summed E-state index contributed by atoms with van der Waals surface area (Å²) in [6.45, 7) is 4.93. The van der Waals surface area contributed by atoms with Crippen molar-refractivity contribution >= 4 is 17.0 Å². The molecule has 1 aromatic heterocycles. The van der Waals surface area contributed by atoms with Gasteiger partial charge in [-0.05, 0) is 24.1 Å². The zero-order valence-electron chi connectivity index (χ0n) is 8.87. The second kappa shape index (κ2) is 3.53. The molecule has 2 rings (SSSR count). The molecular formula is C11H14FN3. The summed E-state index contributed by atoms with van der Waals surface area (Å²) >= 11 is 0. The van der Waals surface area contributed by atoms with E-state index in [0.29, 0.717) is 11.9 Å². The molecule has 80 valence electrons. The number of rotatable bonds is 2. The van der Waals surface area contributed by atoms with Gasteiger partial charge in [0.05, 0.1) is 11.0 Å². The fraction of sp³-hybridized carbons (Fsp3) is 0.364. The Morgan fingerprint density at radius 2 is 2.20 bits per heavy atom. The van der Waals surface area contributed by atoms with Crippen molar-refractivity contribution in [3.05, 3.63) is 24.0 Å². The van der Waals surface area contributed by atoms with Gasteiger partial charge in [0, 0.05) is 6.54 Å². The van der Waals surface area contributed by atoms with E-state index in [1.54, 1.807) is 6.07 Å². The Morgan fingerprint density at radius 1 is 1.47 bits per heavy atom. The quantitative estimate of drug-likeness (QED) is 0.821. The van der Waals surface area contributed by atoms with E-state index in [-0.39, 0.29) is 5.82 Å². The van der Waals surface area contributed by atoms with E-state index in [2.05, 4.69) is 18.8 Å². The SMILES string of the molecule is CC(C)Cn1c(N)nc2ccc(F)cc21. The molecule has 3 nitrogen and oxygen atoms in total. The lowest BCUT2D eigenvalue weighted by Crippen LogP contribution is -2.07. The molecule has 0 aliphatic heterocycles. The molecule has 2 aromatic rings. The summed E-state index contributed by atoms with van der Waals surface area (Å²) in [6, 6.07) is 4.52. The van der Waals surface area contributed by atoms with Crippen LogP contribution in [-0.4, -0.2) is 9.55 Å². The van der Waals surface area contributed by atoms with Crippen molar-refractivity contribution in [1.82, 2.24) is 9.55 Å². The lowest BCUT2D eigenvalue weighted by molar-refractivity contribution is 0.537. The third-order valence-corrected chi connectivity index (χ3v) is 2.29. The highest BCUT2D eigenvalue weighted by atomic mass is 19.1. The minimum absolute atomic E-state index is 0.257. The number of anilines is 1. The topological polar surface area (TPSA) is 43.8 Å². The Morgan fingerprint density at radius 3 is 2.87 bits per heavy atom. The first-order chi connectivity index (χ1) is 7.08. The first kappa shape index (κ1) is 9.96. The van der Waals surface area contributed by atoms with E-state index in [4.69, 9.17) is 5.73 Å².